The zero-order valence-corrected chi connectivity index (χ0v) is 8.49. The topological polar surface area (TPSA) is 17.8 Å². The number of aromatic nitrogens is 2. The van der Waals surface area contributed by atoms with Crippen molar-refractivity contribution >= 4 is 27.7 Å². The first-order valence-corrected chi connectivity index (χ1v) is 5.61. The molecule has 0 spiro atoms. The number of halogens is 1. The van der Waals surface area contributed by atoms with Crippen molar-refractivity contribution in [1.29, 1.82) is 0 Å². The van der Waals surface area contributed by atoms with Crippen LogP contribution in [0, 0.1) is 0 Å². The Balaban J connectivity index is 2.32. The summed E-state index contributed by atoms with van der Waals surface area (Å²) in [7, 11) is 0. The van der Waals surface area contributed by atoms with E-state index in [2.05, 4.69) is 31.8 Å². The molecule has 0 amide bonds. The average molecular weight is 233 g/mol. The summed E-state index contributed by atoms with van der Waals surface area (Å²) in [4.78, 5) is 0. The molecule has 1 aliphatic rings. The normalized spacial score (nSPS) is 17.5. The van der Waals surface area contributed by atoms with Crippen LogP contribution in [0.1, 0.15) is 12.1 Å². The third kappa shape index (κ3) is 1.62. The van der Waals surface area contributed by atoms with Gasteiger partial charge in [0.25, 0.3) is 0 Å². The van der Waals surface area contributed by atoms with Crippen LogP contribution >= 0.6 is 27.7 Å². The predicted octanol–water partition coefficient (Wildman–Crippen LogP) is 2.28. The lowest BCUT2D eigenvalue weighted by Gasteiger charge is -1.98. The number of rotatable bonds is 0. The van der Waals surface area contributed by atoms with Crippen LogP contribution in [0.25, 0.3) is 0 Å². The molecule has 0 aromatic carbocycles. The quantitative estimate of drug-likeness (QED) is 0.684. The zero-order chi connectivity index (χ0) is 7.68. The minimum Gasteiger partial charge on any atom is -0.258 e. The molecule has 0 unspecified atom stereocenters. The van der Waals surface area contributed by atoms with Crippen LogP contribution < -0.4 is 0 Å². The van der Waals surface area contributed by atoms with Gasteiger partial charge in [-0.2, -0.15) is 5.10 Å². The van der Waals surface area contributed by atoms with Gasteiger partial charge in [0, 0.05) is 5.69 Å². The number of nitrogens with zero attached hydrogens (tertiary/aromatic N) is 2. The van der Waals surface area contributed by atoms with Crippen LogP contribution in [-0.2, 0) is 12.3 Å². The maximum atomic E-state index is 4.32. The van der Waals surface area contributed by atoms with E-state index < -0.39 is 0 Å². The van der Waals surface area contributed by atoms with Crippen LogP contribution in [0.3, 0.4) is 0 Å². The van der Waals surface area contributed by atoms with Gasteiger partial charge < -0.3 is 0 Å². The zero-order valence-electron chi connectivity index (χ0n) is 6.09. The van der Waals surface area contributed by atoms with Crippen LogP contribution in [0.15, 0.2) is 10.7 Å². The molecule has 1 aromatic rings. The lowest BCUT2D eigenvalue weighted by molar-refractivity contribution is 0.697. The Morgan fingerprint density at radius 3 is 3.45 bits per heavy atom. The molecule has 0 saturated carbocycles. The van der Waals surface area contributed by atoms with Crippen molar-refractivity contribution in [2.24, 2.45) is 0 Å². The van der Waals surface area contributed by atoms with Gasteiger partial charge in [-0.1, -0.05) is 0 Å². The van der Waals surface area contributed by atoms with E-state index in [0.717, 1.165) is 10.5 Å². The van der Waals surface area contributed by atoms with Crippen molar-refractivity contribution in [1.82, 2.24) is 9.78 Å². The minimum absolute atomic E-state index is 0.968. The SMILES string of the molecule is Brc1cc2n(n1)CSCCC2. The largest absolute Gasteiger partial charge is 0.258 e. The highest BCUT2D eigenvalue weighted by Gasteiger charge is 2.08. The molecule has 0 atom stereocenters. The summed E-state index contributed by atoms with van der Waals surface area (Å²) in [5.74, 6) is 2.28. The summed E-state index contributed by atoms with van der Waals surface area (Å²) in [5, 5.41) is 4.32. The minimum atomic E-state index is 0.968. The molecular formula is C7H9BrN2S. The number of fused-ring (bicyclic) bond motifs is 1. The molecular weight excluding hydrogens is 224 g/mol. The Morgan fingerprint density at radius 2 is 2.55 bits per heavy atom. The Kier molecular flexibility index (Phi) is 2.23. The monoisotopic (exact) mass is 232 g/mol. The highest BCUT2D eigenvalue weighted by atomic mass is 79.9. The van der Waals surface area contributed by atoms with Crippen molar-refractivity contribution < 1.29 is 0 Å². The Bertz CT molecular complexity index is 235. The molecule has 0 N–H and O–H groups in total. The lowest BCUT2D eigenvalue weighted by atomic mass is 10.2. The van der Waals surface area contributed by atoms with E-state index in [9.17, 15) is 0 Å². The molecule has 2 rings (SSSR count). The maximum absolute atomic E-state index is 4.32. The van der Waals surface area contributed by atoms with Gasteiger partial charge in [-0.05, 0) is 40.6 Å². The smallest absolute Gasteiger partial charge is 0.128 e. The Hall–Kier alpha value is 0.0400. The highest BCUT2D eigenvalue weighted by molar-refractivity contribution is 9.10. The molecule has 2 nitrogen and oxygen atoms in total. The fourth-order valence-corrected chi connectivity index (χ4v) is 2.57. The Labute approximate surface area is 78.5 Å². The standard InChI is InChI=1S/C7H9BrN2S/c8-7-4-6-2-1-3-11-5-10(6)9-7/h4H,1-3,5H2. The third-order valence-corrected chi connectivity index (χ3v) is 3.16. The fraction of sp³-hybridized carbons (Fsp3) is 0.571. The molecule has 1 aromatic heterocycles. The van der Waals surface area contributed by atoms with Crippen LogP contribution in [0.4, 0.5) is 0 Å². The van der Waals surface area contributed by atoms with Crippen LogP contribution in [0.5, 0.6) is 0 Å². The number of thioether (sulfide) groups is 1. The second kappa shape index (κ2) is 3.19. The summed E-state index contributed by atoms with van der Waals surface area (Å²) in [5.41, 5.74) is 1.36. The molecule has 4 heteroatoms. The summed E-state index contributed by atoms with van der Waals surface area (Å²) in [6.45, 7) is 0. The fourth-order valence-electron chi connectivity index (χ4n) is 1.24. The second-order valence-electron chi connectivity index (χ2n) is 2.60. The number of hydrogen-bond donors (Lipinski definition) is 0. The van der Waals surface area contributed by atoms with Gasteiger partial charge >= 0.3 is 0 Å². The summed E-state index contributed by atoms with van der Waals surface area (Å²) < 4.78 is 3.05. The van der Waals surface area contributed by atoms with Crippen molar-refractivity contribution in [3.63, 3.8) is 0 Å². The molecule has 1 aliphatic heterocycles. The molecule has 0 bridgehead atoms. The van der Waals surface area contributed by atoms with E-state index >= 15 is 0 Å². The van der Waals surface area contributed by atoms with Gasteiger partial charge in [-0.3, -0.25) is 4.68 Å². The van der Waals surface area contributed by atoms with E-state index in [4.69, 9.17) is 0 Å². The van der Waals surface area contributed by atoms with Crippen molar-refractivity contribution in [2.75, 3.05) is 5.75 Å². The summed E-state index contributed by atoms with van der Waals surface area (Å²) in [6, 6.07) is 2.12. The first kappa shape index (κ1) is 7.68. The summed E-state index contributed by atoms with van der Waals surface area (Å²) >= 11 is 5.33. The molecule has 0 radical (unpaired) electrons. The number of aryl methyl sites for hydroxylation is 1. The van der Waals surface area contributed by atoms with Crippen molar-refractivity contribution in [2.45, 2.75) is 18.7 Å². The van der Waals surface area contributed by atoms with E-state index in [1.165, 1.54) is 24.3 Å². The summed E-state index contributed by atoms with van der Waals surface area (Å²) in [6.07, 6.45) is 2.45. The Morgan fingerprint density at radius 1 is 1.64 bits per heavy atom. The van der Waals surface area contributed by atoms with Crippen molar-refractivity contribution in [3.8, 4) is 0 Å². The molecule has 0 fully saturated rings. The first-order chi connectivity index (χ1) is 5.36. The highest BCUT2D eigenvalue weighted by Crippen LogP contribution is 2.20. The lowest BCUT2D eigenvalue weighted by Crippen LogP contribution is -1.99. The van der Waals surface area contributed by atoms with Gasteiger partial charge in [0.05, 0.1) is 5.88 Å². The van der Waals surface area contributed by atoms with Crippen LogP contribution in [-0.4, -0.2) is 15.5 Å². The molecule has 11 heavy (non-hydrogen) atoms. The molecule has 0 saturated heterocycles. The van der Waals surface area contributed by atoms with Gasteiger partial charge in [0.2, 0.25) is 0 Å². The van der Waals surface area contributed by atoms with E-state index in [-0.39, 0.29) is 0 Å². The number of hydrogen-bond acceptors (Lipinski definition) is 2. The van der Waals surface area contributed by atoms with Gasteiger partial charge in [0.15, 0.2) is 0 Å². The van der Waals surface area contributed by atoms with E-state index in [1.807, 2.05) is 11.8 Å². The first-order valence-electron chi connectivity index (χ1n) is 3.66. The molecule has 0 aliphatic carbocycles. The van der Waals surface area contributed by atoms with E-state index in [0.29, 0.717) is 0 Å². The predicted molar refractivity (Wildman–Crippen MR) is 50.7 cm³/mol. The third-order valence-electron chi connectivity index (χ3n) is 1.77. The maximum Gasteiger partial charge on any atom is 0.128 e. The van der Waals surface area contributed by atoms with Crippen LogP contribution in [0.2, 0.25) is 0 Å². The van der Waals surface area contributed by atoms with Gasteiger partial charge in [-0.25, -0.2) is 0 Å². The van der Waals surface area contributed by atoms with Gasteiger partial charge in [0.1, 0.15) is 4.60 Å². The molecule has 60 valence electrons. The van der Waals surface area contributed by atoms with Crippen molar-refractivity contribution in [3.05, 3.63) is 16.4 Å². The average Bonchev–Trinajstić information content (AvgIpc) is 2.17. The van der Waals surface area contributed by atoms with Gasteiger partial charge in [-0.15, -0.1) is 11.8 Å². The second-order valence-corrected chi connectivity index (χ2v) is 4.49. The molecule has 2 heterocycles. The van der Waals surface area contributed by atoms with E-state index in [1.54, 1.807) is 0 Å².